The SMILES string of the molecule is C.COc1ccc(NC(C)C(=O)O)cc1OC. The van der Waals surface area contributed by atoms with E-state index in [-0.39, 0.29) is 7.43 Å². The van der Waals surface area contributed by atoms with Crippen LogP contribution < -0.4 is 14.8 Å². The molecule has 0 aromatic heterocycles. The van der Waals surface area contributed by atoms with E-state index in [0.717, 1.165) is 0 Å². The number of methoxy groups -OCH3 is 2. The molecule has 0 bridgehead atoms. The van der Waals surface area contributed by atoms with Gasteiger partial charge in [0.15, 0.2) is 11.5 Å². The van der Waals surface area contributed by atoms with Gasteiger partial charge in [-0.05, 0) is 19.1 Å². The van der Waals surface area contributed by atoms with Crippen LogP contribution in [0.1, 0.15) is 14.4 Å². The van der Waals surface area contributed by atoms with Gasteiger partial charge in [-0.25, -0.2) is 0 Å². The smallest absolute Gasteiger partial charge is 0.325 e. The van der Waals surface area contributed by atoms with Crippen LogP contribution in [0.5, 0.6) is 11.5 Å². The molecule has 1 rings (SSSR count). The summed E-state index contributed by atoms with van der Waals surface area (Å²) in [5.74, 6) is 0.260. The highest BCUT2D eigenvalue weighted by molar-refractivity contribution is 5.77. The summed E-state index contributed by atoms with van der Waals surface area (Å²) in [5, 5.41) is 11.6. The molecule has 5 nitrogen and oxygen atoms in total. The first-order valence-corrected chi connectivity index (χ1v) is 4.80. The van der Waals surface area contributed by atoms with Crippen molar-refractivity contribution in [1.29, 1.82) is 0 Å². The van der Waals surface area contributed by atoms with Crippen LogP contribution in [0.15, 0.2) is 18.2 Å². The monoisotopic (exact) mass is 241 g/mol. The Morgan fingerprint density at radius 1 is 1.29 bits per heavy atom. The third-order valence-corrected chi connectivity index (χ3v) is 2.14. The fourth-order valence-corrected chi connectivity index (χ4v) is 1.24. The Morgan fingerprint density at radius 3 is 2.35 bits per heavy atom. The Kier molecular flexibility index (Phi) is 5.88. The second-order valence-electron chi connectivity index (χ2n) is 3.27. The Morgan fingerprint density at radius 2 is 1.88 bits per heavy atom. The maximum absolute atomic E-state index is 10.7. The first-order valence-electron chi connectivity index (χ1n) is 4.80. The minimum absolute atomic E-state index is 0. The van der Waals surface area contributed by atoms with Gasteiger partial charge in [0, 0.05) is 11.8 Å². The van der Waals surface area contributed by atoms with Crippen molar-refractivity contribution in [3.63, 3.8) is 0 Å². The van der Waals surface area contributed by atoms with Crippen molar-refractivity contribution in [3.8, 4) is 11.5 Å². The van der Waals surface area contributed by atoms with Crippen LogP contribution in [0.2, 0.25) is 0 Å². The molecule has 0 radical (unpaired) electrons. The zero-order valence-corrected chi connectivity index (χ0v) is 9.48. The molecule has 0 aliphatic carbocycles. The van der Waals surface area contributed by atoms with Crippen molar-refractivity contribution in [2.75, 3.05) is 19.5 Å². The van der Waals surface area contributed by atoms with E-state index in [0.29, 0.717) is 17.2 Å². The fourth-order valence-electron chi connectivity index (χ4n) is 1.24. The molecule has 0 aliphatic rings. The molecule has 2 N–H and O–H groups in total. The summed E-state index contributed by atoms with van der Waals surface area (Å²) in [5.41, 5.74) is 0.674. The average molecular weight is 241 g/mol. The zero-order chi connectivity index (χ0) is 12.1. The van der Waals surface area contributed by atoms with Crippen LogP contribution in [-0.4, -0.2) is 31.3 Å². The number of hydrogen-bond donors (Lipinski definition) is 2. The number of carboxylic acid groups (broad SMARTS) is 1. The van der Waals surface area contributed by atoms with E-state index in [1.165, 1.54) is 7.11 Å². The van der Waals surface area contributed by atoms with Gasteiger partial charge in [0.05, 0.1) is 14.2 Å². The number of carbonyl (C=O) groups is 1. The number of anilines is 1. The lowest BCUT2D eigenvalue weighted by molar-refractivity contribution is -0.137. The van der Waals surface area contributed by atoms with E-state index in [9.17, 15) is 4.79 Å². The molecular weight excluding hydrogens is 222 g/mol. The molecule has 17 heavy (non-hydrogen) atoms. The normalized spacial score (nSPS) is 11.0. The highest BCUT2D eigenvalue weighted by Gasteiger charge is 2.11. The quantitative estimate of drug-likeness (QED) is 0.827. The molecule has 0 aliphatic heterocycles. The minimum Gasteiger partial charge on any atom is -0.493 e. The molecule has 1 unspecified atom stereocenters. The van der Waals surface area contributed by atoms with Crippen LogP contribution in [0.4, 0.5) is 5.69 Å². The number of benzene rings is 1. The Balaban J connectivity index is 0.00000256. The standard InChI is InChI=1S/C11H15NO4.CH4/c1-7(11(13)14)12-8-4-5-9(15-2)10(6-8)16-3;/h4-7,12H,1-3H3,(H,13,14);1H4. The number of hydrogen-bond acceptors (Lipinski definition) is 4. The lowest BCUT2D eigenvalue weighted by atomic mass is 10.2. The lowest BCUT2D eigenvalue weighted by Crippen LogP contribution is -2.25. The van der Waals surface area contributed by atoms with Crippen LogP contribution in [0.3, 0.4) is 0 Å². The first kappa shape index (κ1) is 15.1. The molecule has 1 atom stereocenters. The lowest BCUT2D eigenvalue weighted by Gasteiger charge is -2.13. The van der Waals surface area contributed by atoms with Crippen LogP contribution >= 0.6 is 0 Å². The molecule has 1 aromatic rings. The number of nitrogens with one attached hydrogen (secondary N) is 1. The third-order valence-electron chi connectivity index (χ3n) is 2.14. The van der Waals surface area contributed by atoms with E-state index in [4.69, 9.17) is 14.6 Å². The molecular formula is C12H19NO4. The van der Waals surface area contributed by atoms with Gasteiger partial charge in [0.2, 0.25) is 0 Å². The molecule has 0 fully saturated rings. The third kappa shape index (κ3) is 3.86. The summed E-state index contributed by atoms with van der Waals surface area (Å²) in [6.45, 7) is 1.57. The largest absolute Gasteiger partial charge is 0.493 e. The van der Waals surface area contributed by atoms with E-state index in [1.54, 1.807) is 32.2 Å². The molecule has 0 saturated heterocycles. The maximum atomic E-state index is 10.7. The highest BCUT2D eigenvalue weighted by Crippen LogP contribution is 2.29. The van der Waals surface area contributed by atoms with Crippen molar-refractivity contribution >= 4 is 11.7 Å². The summed E-state index contributed by atoms with van der Waals surface area (Å²) in [6, 6.07) is 4.49. The Hall–Kier alpha value is -1.91. The fraction of sp³-hybridized carbons (Fsp3) is 0.417. The summed E-state index contributed by atoms with van der Waals surface area (Å²) < 4.78 is 10.2. The van der Waals surface area contributed by atoms with Crippen molar-refractivity contribution in [2.45, 2.75) is 20.4 Å². The minimum atomic E-state index is -0.908. The summed E-state index contributed by atoms with van der Waals surface area (Å²) in [6.07, 6.45) is 0. The van der Waals surface area contributed by atoms with E-state index in [2.05, 4.69) is 5.32 Å². The maximum Gasteiger partial charge on any atom is 0.325 e. The van der Waals surface area contributed by atoms with Crippen LogP contribution in [0, 0.1) is 0 Å². The van der Waals surface area contributed by atoms with E-state index < -0.39 is 12.0 Å². The van der Waals surface area contributed by atoms with Gasteiger partial charge in [-0.1, -0.05) is 7.43 Å². The Bertz CT molecular complexity index is 379. The molecule has 0 saturated carbocycles. The van der Waals surface area contributed by atoms with Crippen molar-refractivity contribution in [2.24, 2.45) is 0 Å². The second kappa shape index (κ2) is 6.62. The van der Waals surface area contributed by atoms with Crippen molar-refractivity contribution in [3.05, 3.63) is 18.2 Å². The predicted octanol–water partition coefficient (Wildman–Crippen LogP) is 2.22. The molecule has 1 aromatic carbocycles. The van der Waals surface area contributed by atoms with Gasteiger partial charge in [0.1, 0.15) is 6.04 Å². The molecule has 0 heterocycles. The van der Waals surface area contributed by atoms with E-state index >= 15 is 0 Å². The van der Waals surface area contributed by atoms with E-state index in [1.807, 2.05) is 0 Å². The van der Waals surface area contributed by atoms with Crippen molar-refractivity contribution in [1.82, 2.24) is 0 Å². The summed E-state index contributed by atoms with van der Waals surface area (Å²) in [7, 11) is 3.08. The molecule has 5 heteroatoms. The van der Waals surface area contributed by atoms with Crippen molar-refractivity contribution < 1.29 is 19.4 Å². The molecule has 0 spiro atoms. The first-order chi connectivity index (χ1) is 7.58. The predicted molar refractivity (Wildman–Crippen MR) is 67.0 cm³/mol. The van der Waals surface area contributed by atoms with Gasteiger partial charge >= 0.3 is 5.97 Å². The number of rotatable bonds is 5. The van der Waals surface area contributed by atoms with Gasteiger partial charge in [-0.15, -0.1) is 0 Å². The van der Waals surface area contributed by atoms with Crippen LogP contribution in [-0.2, 0) is 4.79 Å². The van der Waals surface area contributed by atoms with Crippen LogP contribution in [0.25, 0.3) is 0 Å². The topological polar surface area (TPSA) is 67.8 Å². The van der Waals surface area contributed by atoms with Gasteiger partial charge < -0.3 is 19.9 Å². The molecule has 0 amide bonds. The van der Waals surface area contributed by atoms with Gasteiger partial charge in [-0.3, -0.25) is 4.79 Å². The number of aliphatic carboxylic acids is 1. The molecule has 96 valence electrons. The Labute approximate surface area is 101 Å². The average Bonchev–Trinajstić information content (AvgIpc) is 2.28. The zero-order valence-electron chi connectivity index (χ0n) is 9.48. The highest BCUT2D eigenvalue weighted by atomic mass is 16.5. The second-order valence-corrected chi connectivity index (χ2v) is 3.27. The van der Waals surface area contributed by atoms with Gasteiger partial charge in [0.25, 0.3) is 0 Å². The number of carboxylic acids is 1. The van der Waals surface area contributed by atoms with Gasteiger partial charge in [-0.2, -0.15) is 0 Å². The summed E-state index contributed by atoms with van der Waals surface area (Å²) in [4.78, 5) is 10.7. The number of ether oxygens (including phenoxy) is 2. The summed E-state index contributed by atoms with van der Waals surface area (Å²) >= 11 is 0.